The number of benzene rings is 2. The van der Waals surface area contributed by atoms with E-state index in [0.717, 1.165) is 22.7 Å². The van der Waals surface area contributed by atoms with Gasteiger partial charge in [0.15, 0.2) is 0 Å². The van der Waals surface area contributed by atoms with E-state index in [0.29, 0.717) is 11.7 Å². The quantitative estimate of drug-likeness (QED) is 0.670. The monoisotopic (exact) mass is 362 g/mol. The van der Waals surface area contributed by atoms with Crippen molar-refractivity contribution in [3.8, 4) is 5.75 Å². The van der Waals surface area contributed by atoms with Gasteiger partial charge in [0.05, 0.1) is 19.5 Å². The molecular formula is C21H22N4O2. The fraction of sp³-hybridized carbons (Fsp3) is 0.190. The van der Waals surface area contributed by atoms with E-state index in [9.17, 15) is 4.79 Å². The van der Waals surface area contributed by atoms with E-state index < -0.39 is 0 Å². The average molecular weight is 362 g/mol. The number of carbonyl (C=O) groups is 1. The van der Waals surface area contributed by atoms with Crippen molar-refractivity contribution in [3.63, 3.8) is 0 Å². The Morgan fingerprint density at radius 1 is 1.04 bits per heavy atom. The molecule has 0 bridgehead atoms. The van der Waals surface area contributed by atoms with Crippen molar-refractivity contribution in [1.82, 2.24) is 9.97 Å². The molecule has 0 aliphatic heterocycles. The maximum absolute atomic E-state index is 12.5. The molecule has 3 aromatic rings. The van der Waals surface area contributed by atoms with Crippen LogP contribution in [-0.2, 0) is 0 Å². The van der Waals surface area contributed by atoms with Gasteiger partial charge in [0.1, 0.15) is 17.3 Å². The van der Waals surface area contributed by atoms with Crippen molar-refractivity contribution in [2.24, 2.45) is 0 Å². The normalized spacial score (nSPS) is 10.5. The Kier molecular flexibility index (Phi) is 5.66. The summed E-state index contributed by atoms with van der Waals surface area (Å²) >= 11 is 0. The number of carbonyl (C=O) groups excluding carboxylic acids is 1. The zero-order chi connectivity index (χ0) is 19.2. The summed E-state index contributed by atoms with van der Waals surface area (Å²) in [5, 5.41) is 6.05. The number of para-hydroxylation sites is 1. The van der Waals surface area contributed by atoms with Gasteiger partial charge in [-0.3, -0.25) is 4.79 Å². The van der Waals surface area contributed by atoms with Gasteiger partial charge < -0.3 is 15.4 Å². The number of anilines is 3. The molecule has 1 heterocycles. The number of amides is 1. The Hall–Kier alpha value is -3.41. The van der Waals surface area contributed by atoms with E-state index >= 15 is 0 Å². The van der Waals surface area contributed by atoms with Gasteiger partial charge in [-0.2, -0.15) is 0 Å². The lowest BCUT2D eigenvalue weighted by atomic mass is 10.0. The van der Waals surface area contributed by atoms with Gasteiger partial charge in [0, 0.05) is 17.4 Å². The summed E-state index contributed by atoms with van der Waals surface area (Å²) < 4.78 is 5.20. The molecule has 3 rings (SSSR count). The molecule has 0 atom stereocenters. The number of hydrogen-bond acceptors (Lipinski definition) is 5. The molecule has 1 aromatic heterocycles. The molecule has 0 saturated heterocycles. The van der Waals surface area contributed by atoms with Gasteiger partial charge in [-0.05, 0) is 29.7 Å². The van der Waals surface area contributed by atoms with Crippen LogP contribution in [0.5, 0.6) is 5.75 Å². The lowest BCUT2D eigenvalue weighted by Gasteiger charge is -2.13. The number of ether oxygens (including phenoxy) is 1. The Bertz CT molecular complexity index is 923. The van der Waals surface area contributed by atoms with Gasteiger partial charge in [-0.15, -0.1) is 0 Å². The highest BCUT2D eigenvalue weighted by Crippen LogP contribution is 2.24. The molecule has 0 aliphatic rings. The third-order valence-electron chi connectivity index (χ3n) is 4.06. The Balaban J connectivity index is 1.70. The summed E-state index contributed by atoms with van der Waals surface area (Å²) in [6.07, 6.45) is 2.98. The first-order valence-corrected chi connectivity index (χ1v) is 8.70. The number of rotatable bonds is 6. The van der Waals surface area contributed by atoms with Crippen molar-refractivity contribution >= 4 is 23.1 Å². The van der Waals surface area contributed by atoms with Crippen LogP contribution in [-0.4, -0.2) is 23.0 Å². The lowest BCUT2D eigenvalue weighted by Crippen LogP contribution is -2.15. The molecule has 6 nitrogen and oxygen atoms in total. The summed E-state index contributed by atoms with van der Waals surface area (Å²) in [5.41, 5.74) is 2.95. The van der Waals surface area contributed by atoms with Crippen LogP contribution < -0.4 is 15.4 Å². The number of hydrogen-bond donors (Lipinski definition) is 2. The van der Waals surface area contributed by atoms with Crippen LogP contribution in [0.2, 0.25) is 0 Å². The molecule has 6 heteroatoms. The number of nitrogens with zero attached hydrogens (tertiary/aromatic N) is 2. The number of aromatic nitrogens is 2. The van der Waals surface area contributed by atoms with Crippen LogP contribution in [0, 0.1) is 0 Å². The summed E-state index contributed by atoms with van der Waals surface area (Å²) in [7, 11) is 1.61. The largest absolute Gasteiger partial charge is 0.497 e. The minimum atomic E-state index is -0.288. The fourth-order valence-corrected chi connectivity index (χ4v) is 2.66. The zero-order valence-electron chi connectivity index (χ0n) is 15.6. The molecule has 0 spiro atoms. The second-order valence-corrected chi connectivity index (χ2v) is 6.34. The zero-order valence-corrected chi connectivity index (χ0v) is 15.6. The topological polar surface area (TPSA) is 76.1 Å². The van der Waals surface area contributed by atoms with E-state index in [2.05, 4.69) is 34.4 Å². The molecular weight excluding hydrogens is 340 g/mol. The molecule has 0 radical (unpaired) electrons. The van der Waals surface area contributed by atoms with Crippen LogP contribution in [0.3, 0.4) is 0 Å². The van der Waals surface area contributed by atoms with E-state index in [4.69, 9.17) is 4.74 Å². The molecule has 2 aromatic carbocycles. The first-order chi connectivity index (χ1) is 13.1. The fourth-order valence-electron chi connectivity index (χ4n) is 2.66. The molecule has 2 N–H and O–H groups in total. The van der Waals surface area contributed by atoms with Crippen LogP contribution in [0.1, 0.15) is 35.8 Å². The maximum Gasteiger partial charge on any atom is 0.275 e. The van der Waals surface area contributed by atoms with Crippen molar-refractivity contribution in [1.29, 1.82) is 0 Å². The summed E-state index contributed by atoms with van der Waals surface area (Å²) in [5.74, 6) is 1.31. The van der Waals surface area contributed by atoms with Crippen molar-refractivity contribution in [3.05, 3.63) is 72.2 Å². The van der Waals surface area contributed by atoms with Crippen LogP contribution >= 0.6 is 0 Å². The van der Waals surface area contributed by atoms with Crippen molar-refractivity contribution < 1.29 is 9.53 Å². The molecule has 0 unspecified atom stereocenters. The predicted molar refractivity (Wildman–Crippen MR) is 107 cm³/mol. The first kappa shape index (κ1) is 18.4. The first-order valence-electron chi connectivity index (χ1n) is 8.70. The van der Waals surface area contributed by atoms with Gasteiger partial charge in [0.25, 0.3) is 5.91 Å². The Morgan fingerprint density at radius 3 is 2.56 bits per heavy atom. The van der Waals surface area contributed by atoms with E-state index in [1.807, 2.05) is 48.5 Å². The standard InChI is InChI=1S/C21H22N4O2/c1-14(2)17-9-4-5-10-18(17)25-21(26)19-12-23-20(13-22-19)24-15-7-6-8-16(11-15)27-3/h4-14H,1-3H3,(H,23,24)(H,25,26). The minimum Gasteiger partial charge on any atom is -0.497 e. The number of methoxy groups -OCH3 is 1. The highest BCUT2D eigenvalue weighted by Gasteiger charge is 2.12. The Labute approximate surface area is 158 Å². The molecule has 27 heavy (non-hydrogen) atoms. The molecule has 0 fully saturated rings. The highest BCUT2D eigenvalue weighted by molar-refractivity contribution is 6.03. The predicted octanol–water partition coefficient (Wildman–Crippen LogP) is 4.60. The molecule has 1 amide bonds. The average Bonchev–Trinajstić information content (AvgIpc) is 2.69. The maximum atomic E-state index is 12.5. The van der Waals surface area contributed by atoms with E-state index in [1.54, 1.807) is 7.11 Å². The van der Waals surface area contributed by atoms with Gasteiger partial charge >= 0.3 is 0 Å². The minimum absolute atomic E-state index is 0.254. The van der Waals surface area contributed by atoms with Gasteiger partial charge in [0.2, 0.25) is 0 Å². The Morgan fingerprint density at radius 2 is 1.85 bits per heavy atom. The van der Waals surface area contributed by atoms with E-state index in [1.165, 1.54) is 12.4 Å². The van der Waals surface area contributed by atoms with E-state index in [-0.39, 0.29) is 11.6 Å². The van der Waals surface area contributed by atoms with Crippen LogP contribution in [0.4, 0.5) is 17.2 Å². The second-order valence-electron chi connectivity index (χ2n) is 6.34. The van der Waals surface area contributed by atoms with Crippen molar-refractivity contribution in [2.45, 2.75) is 19.8 Å². The van der Waals surface area contributed by atoms with Crippen LogP contribution in [0.15, 0.2) is 60.9 Å². The third kappa shape index (κ3) is 4.61. The summed E-state index contributed by atoms with van der Waals surface area (Å²) in [6, 6.07) is 15.2. The summed E-state index contributed by atoms with van der Waals surface area (Å²) in [6.45, 7) is 4.17. The number of nitrogens with one attached hydrogen (secondary N) is 2. The van der Waals surface area contributed by atoms with Gasteiger partial charge in [-0.1, -0.05) is 38.1 Å². The van der Waals surface area contributed by atoms with Crippen LogP contribution in [0.25, 0.3) is 0 Å². The smallest absolute Gasteiger partial charge is 0.275 e. The molecule has 0 aliphatic carbocycles. The lowest BCUT2D eigenvalue weighted by molar-refractivity contribution is 0.102. The van der Waals surface area contributed by atoms with Crippen molar-refractivity contribution in [2.75, 3.05) is 17.7 Å². The SMILES string of the molecule is COc1cccc(Nc2cnc(C(=O)Nc3ccccc3C(C)C)cn2)c1. The molecule has 0 saturated carbocycles. The second kappa shape index (κ2) is 8.31. The molecule has 138 valence electrons. The third-order valence-corrected chi connectivity index (χ3v) is 4.06. The summed E-state index contributed by atoms with van der Waals surface area (Å²) in [4.78, 5) is 21.0. The highest BCUT2D eigenvalue weighted by atomic mass is 16.5. The van der Waals surface area contributed by atoms with Gasteiger partial charge in [-0.25, -0.2) is 9.97 Å².